The molecule has 0 rings (SSSR count). The van der Waals surface area contributed by atoms with Gasteiger partial charge in [-0.05, 0) is 12.8 Å². The minimum Gasteiger partial charge on any atom is -0.481 e. The lowest BCUT2D eigenvalue weighted by Crippen LogP contribution is -1.93. The van der Waals surface area contributed by atoms with Gasteiger partial charge >= 0.3 is 13.6 Å². The van der Waals surface area contributed by atoms with Gasteiger partial charge in [-0.3, -0.25) is 9.36 Å². The molecule has 90 valence electrons. The molecule has 0 heterocycles. The van der Waals surface area contributed by atoms with E-state index in [-0.39, 0.29) is 12.6 Å². The first-order valence-corrected chi connectivity index (χ1v) is 6.98. The van der Waals surface area contributed by atoms with E-state index in [1.165, 1.54) is 0 Å². The van der Waals surface area contributed by atoms with E-state index >= 15 is 0 Å². The maximum absolute atomic E-state index is 10.5. The number of aliphatic carboxylic acids is 1. The van der Waals surface area contributed by atoms with Crippen LogP contribution in [0.3, 0.4) is 0 Å². The van der Waals surface area contributed by atoms with Gasteiger partial charge in [-0.25, -0.2) is 0 Å². The molecule has 0 spiro atoms. The van der Waals surface area contributed by atoms with Gasteiger partial charge in [0.2, 0.25) is 0 Å². The fraction of sp³-hybridized carbons (Fsp3) is 0.889. The van der Waals surface area contributed by atoms with Crippen LogP contribution in [0.2, 0.25) is 0 Å². The molecule has 3 N–H and O–H groups in total. The van der Waals surface area contributed by atoms with E-state index in [0.717, 1.165) is 25.7 Å². The van der Waals surface area contributed by atoms with Gasteiger partial charge in [0.25, 0.3) is 0 Å². The highest BCUT2D eigenvalue weighted by Gasteiger charge is 2.10. The molecule has 0 fully saturated rings. The molecule has 0 saturated carbocycles. The van der Waals surface area contributed by atoms with Gasteiger partial charge in [0.05, 0.1) is 0 Å². The zero-order valence-corrected chi connectivity index (χ0v) is 9.66. The van der Waals surface area contributed by atoms with Crippen molar-refractivity contribution in [3.05, 3.63) is 0 Å². The number of carboxylic acids is 1. The van der Waals surface area contributed by atoms with Crippen LogP contribution in [-0.2, 0) is 9.36 Å². The predicted molar refractivity (Wildman–Crippen MR) is 56.9 cm³/mol. The van der Waals surface area contributed by atoms with E-state index in [9.17, 15) is 9.36 Å². The van der Waals surface area contributed by atoms with E-state index in [1.807, 2.05) is 0 Å². The molecule has 0 aliphatic carbocycles. The topological polar surface area (TPSA) is 94.8 Å². The summed E-state index contributed by atoms with van der Waals surface area (Å²) in [4.78, 5) is 27.3. The number of hydrogen-bond acceptors (Lipinski definition) is 2. The Labute approximate surface area is 89.7 Å². The fourth-order valence-corrected chi connectivity index (χ4v) is 1.94. The molecule has 0 aliphatic rings. The normalized spacial score (nSPS) is 11.6. The molecular weight excluding hydrogens is 219 g/mol. The van der Waals surface area contributed by atoms with Gasteiger partial charge in [0.1, 0.15) is 0 Å². The van der Waals surface area contributed by atoms with E-state index < -0.39 is 13.6 Å². The van der Waals surface area contributed by atoms with Crippen LogP contribution in [-0.4, -0.2) is 27.0 Å². The molecule has 5 nitrogen and oxygen atoms in total. The summed E-state index contributed by atoms with van der Waals surface area (Å²) in [7, 11) is -3.82. The van der Waals surface area contributed by atoms with Crippen LogP contribution in [0.5, 0.6) is 0 Å². The maximum Gasteiger partial charge on any atom is 0.325 e. The highest BCUT2D eigenvalue weighted by Crippen LogP contribution is 2.35. The third-order valence-electron chi connectivity index (χ3n) is 2.09. The van der Waals surface area contributed by atoms with E-state index in [4.69, 9.17) is 14.9 Å². The first kappa shape index (κ1) is 14.6. The predicted octanol–water partition coefficient (Wildman–Crippen LogP) is 1.98. The smallest absolute Gasteiger partial charge is 0.325 e. The second-order valence-corrected chi connectivity index (χ2v) is 5.43. The van der Waals surface area contributed by atoms with E-state index in [1.54, 1.807) is 0 Å². The van der Waals surface area contributed by atoms with Gasteiger partial charge in [-0.15, -0.1) is 0 Å². The maximum atomic E-state index is 10.5. The summed E-state index contributed by atoms with van der Waals surface area (Å²) in [5.41, 5.74) is 0. The van der Waals surface area contributed by atoms with Crippen LogP contribution in [0.25, 0.3) is 0 Å². The Morgan fingerprint density at radius 3 is 1.87 bits per heavy atom. The Morgan fingerprint density at radius 1 is 0.933 bits per heavy atom. The molecule has 15 heavy (non-hydrogen) atoms. The third kappa shape index (κ3) is 13.6. The third-order valence-corrected chi connectivity index (χ3v) is 2.99. The summed E-state index contributed by atoms with van der Waals surface area (Å²) in [5.74, 6) is -0.767. The average molecular weight is 238 g/mol. The Kier molecular flexibility index (Phi) is 7.65. The Balaban J connectivity index is 3.12. The van der Waals surface area contributed by atoms with Gasteiger partial charge in [-0.1, -0.05) is 25.7 Å². The monoisotopic (exact) mass is 238 g/mol. The van der Waals surface area contributed by atoms with Crippen LogP contribution < -0.4 is 0 Å². The Morgan fingerprint density at radius 2 is 1.40 bits per heavy atom. The fourth-order valence-electron chi connectivity index (χ4n) is 1.30. The quantitative estimate of drug-likeness (QED) is 0.421. The van der Waals surface area contributed by atoms with Crippen molar-refractivity contribution in [3.63, 3.8) is 0 Å². The lowest BCUT2D eigenvalue weighted by molar-refractivity contribution is -0.137. The van der Waals surface area contributed by atoms with Gasteiger partial charge in [-0.2, -0.15) is 0 Å². The van der Waals surface area contributed by atoms with Crippen molar-refractivity contribution in [1.82, 2.24) is 0 Å². The largest absolute Gasteiger partial charge is 0.481 e. The Bertz CT molecular complexity index is 223. The lowest BCUT2D eigenvalue weighted by atomic mass is 10.1. The molecule has 0 aromatic heterocycles. The zero-order valence-electron chi connectivity index (χ0n) is 8.76. The van der Waals surface area contributed by atoms with Crippen molar-refractivity contribution in [1.29, 1.82) is 0 Å². The van der Waals surface area contributed by atoms with Gasteiger partial charge < -0.3 is 14.9 Å². The van der Waals surface area contributed by atoms with Crippen molar-refractivity contribution in [2.24, 2.45) is 0 Å². The van der Waals surface area contributed by atoms with Crippen LogP contribution in [0, 0.1) is 0 Å². The first-order chi connectivity index (χ1) is 6.92. The number of carboxylic acid groups (broad SMARTS) is 1. The summed E-state index contributed by atoms with van der Waals surface area (Å²) < 4.78 is 10.5. The van der Waals surface area contributed by atoms with Crippen LogP contribution in [0.1, 0.15) is 44.9 Å². The summed E-state index contributed by atoms with van der Waals surface area (Å²) >= 11 is 0. The minimum absolute atomic E-state index is 0.0396. The van der Waals surface area contributed by atoms with E-state index in [2.05, 4.69) is 0 Å². The summed E-state index contributed by atoms with van der Waals surface area (Å²) in [6, 6.07) is 0. The van der Waals surface area contributed by atoms with Crippen molar-refractivity contribution < 1.29 is 24.3 Å². The molecule has 0 amide bonds. The standard InChI is InChI=1S/C9H19O5P/c10-9(11)7-5-3-1-2-4-6-8-15(12,13)14/h1-8H2,(H,10,11)(H2,12,13,14). The average Bonchev–Trinajstić information content (AvgIpc) is 2.07. The highest BCUT2D eigenvalue weighted by molar-refractivity contribution is 7.51. The number of unbranched alkanes of at least 4 members (excludes halogenated alkanes) is 5. The molecular formula is C9H19O5P. The SMILES string of the molecule is O=C(O)CCCCCCCCP(=O)(O)O. The van der Waals surface area contributed by atoms with Crippen molar-refractivity contribution >= 4 is 13.6 Å². The molecule has 0 saturated heterocycles. The number of carbonyl (C=O) groups is 1. The van der Waals surface area contributed by atoms with Gasteiger partial charge in [0, 0.05) is 12.6 Å². The molecule has 0 radical (unpaired) electrons. The molecule has 0 atom stereocenters. The van der Waals surface area contributed by atoms with Crippen molar-refractivity contribution in [2.45, 2.75) is 44.9 Å². The van der Waals surface area contributed by atoms with Crippen molar-refractivity contribution in [2.75, 3.05) is 6.16 Å². The van der Waals surface area contributed by atoms with Crippen LogP contribution in [0.15, 0.2) is 0 Å². The zero-order chi connectivity index (χ0) is 11.7. The Hall–Kier alpha value is -0.380. The molecule has 0 aromatic rings. The minimum atomic E-state index is -3.82. The summed E-state index contributed by atoms with van der Waals surface area (Å²) in [6.45, 7) is 0. The lowest BCUT2D eigenvalue weighted by Gasteiger charge is -2.03. The molecule has 0 aromatic carbocycles. The second-order valence-electron chi connectivity index (χ2n) is 3.65. The summed E-state index contributed by atoms with van der Waals surface area (Å²) in [6.07, 6.45) is 4.94. The van der Waals surface area contributed by atoms with Crippen LogP contribution in [0.4, 0.5) is 0 Å². The molecule has 0 aliphatic heterocycles. The van der Waals surface area contributed by atoms with Gasteiger partial charge in [0.15, 0.2) is 0 Å². The first-order valence-electron chi connectivity index (χ1n) is 5.18. The highest BCUT2D eigenvalue weighted by atomic mass is 31.2. The number of rotatable bonds is 9. The molecule has 6 heteroatoms. The number of hydrogen-bond donors (Lipinski definition) is 3. The van der Waals surface area contributed by atoms with Crippen molar-refractivity contribution in [3.8, 4) is 0 Å². The molecule has 0 bridgehead atoms. The van der Waals surface area contributed by atoms with Crippen LogP contribution >= 0.6 is 7.60 Å². The summed E-state index contributed by atoms with van der Waals surface area (Å²) in [5, 5.41) is 8.36. The second kappa shape index (κ2) is 7.85. The molecule has 0 unspecified atom stereocenters. The van der Waals surface area contributed by atoms with E-state index in [0.29, 0.717) is 12.8 Å².